The number of halogens is 1. The SMILES string of the molecule is O=C(CN(Cc1ccco1)C1CCCC1)Nc1ccccc1F. The lowest BCUT2D eigenvalue weighted by Crippen LogP contribution is -2.39. The van der Waals surface area contributed by atoms with Gasteiger partial charge in [0.25, 0.3) is 0 Å². The van der Waals surface area contributed by atoms with Crippen LogP contribution in [0.1, 0.15) is 31.4 Å². The molecular weight excluding hydrogens is 295 g/mol. The number of benzene rings is 1. The van der Waals surface area contributed by atoms with Crippen LogP contribution in [0.3, 0.4) is 0 Å². The average Bonchev–Trinajstić information content (AvgIpc) is 3.22. The molecule has 0 saturated heterocycles. The monoisotopic (exact) mass is 316 g/mol. The van der Waals surface area contributed by atoms with Crippen molar-refractivity contribution in [3.05, 3.63) is 54.2 Å². The second kappa shape index (κ2) is 7.42. The van der Waals surface area contributed by atoms with E-state index in [0.29, 0.717) is 12.6 Å². The molecule has 1 aliphatic carbocycles. The molecule has 2 aromatic rings. The predicted octanol–water partition coefficient (Wildman–Crippen LogP) is 3.80. The minimum atomic E-state index is -0.417. The third-order valence-corrected chi connectivity index (χ3v) is 4.27. The second-order valence-electron chi connectivity index (χ2n) is 5.95. The molecule has 0 atom stereocenters. The van der Waals surface area contributed by atoms with E-state index in [2.05, 4.69) is 10.2 Å². The zero-order valence-electron chi connectivity index (χ0n) is 13.0. The highest BCUT2D eigenvalue weighted by molar-refractivity contribution is 5.92. The summed E-state index contributed by atoms with van der Waals surface area (Å²) in [5.74, 6) is 0.225. The van der Waals surface area contributed by atoms with Gasteiger partial charge in [-0.05, 0) is 37.1 Å². The Morgan fingerprint density at radius 2 is 2.00 bits per heavy atom. The standard InChI is InChI=1S/C18H21FN2O2/c19-16-9-3-4-10-17(16)20-18(22)13-21(14-6-1-2-7-14)12-15-8-5-11-23-15/h3-5,8-11,14H,1-2,6-7,12-13H2,(H,20,22). The average molecular weight is 316 g/mol. The van der Waals surface area contributed by atoms with Crippen molar-refractivity contribution in [3.63, 3.8) is 0 Å². The Bertz CT molecular complexity index is 636. The fourth-order valence-corrected chi connectivity index (χ4v) is 3.12. The summed E-state index contributed by atoms with van der Waals surface area (Å²) in [6.07, 6.45) is 6.20. The van der Waals surface area contributed by atoms with E-state index in [9.17, 15) is 9.18 Å². The molecule has 1 fully saturated rings. The van der Waals surface area contributed by atoms with Crippen LogP contribution in [0.5, 0.6) is 0 Å². The number of carbonyl (C=O) groups excluding carboxylic acids is 1. The Kier molecular flexibility index (Phi) is 5.08. The smallest absolute Gasteiger partial charge is 0.238 e. The lowest BCUT2D eigenvalue weighted by molar-refractivity contribution is -0.118. The molecule has 1 amide bonds. The van der Waals surface area contributed by atoms with Gasteiger partial charge in [-0.2, -0.15) is 0 Å². The van der Waals surface area contributed by atoms with E-state index in [1.165, 1.54) is 18.9 Å². The molecule has 1 N–H and O–H groups in total. The molecule has 1 aliphatic rings. The number of nitrogens with zero attached hydrogens (tertiary/aromatic N) is 1. The molecule has 1 heterocycles. The van der Waals surface area contributed by atoms with E-state index in [-0.39, 0.29) is 18.1 Å². The van der Waals surface area contributed by atoms with Gasteiger partial charge >= 0.3 is 0 Å². The molecular formula is C18H21FN2O2. The maximum Gasteiger partial charge on any atom is 0.238 e. The number of anilines is 1. The highest BCUT2D eigenvalue weighted by Gasteiger charge is 2.25. The maximum atomic E-state index is 13.7. The molecule has 3 rings (SSSR count). The summed E-state index contributed by atoms with van der Waals surface area (Å²) in [6.45, 7) is 0.835. The molecule has 0 aliphatic heterocycles. The summed E-state index contributed by atoms with van der Waals surface area (Å²) in [6, 6.07) is 10.4. The Balaban J connectivity index is 1.65. The Morgan fingerprint density at radius 3 is 2.70 bits per heavy atom. The topological polar surface area (TPSA) is 45.5 Å². The zero-order chi connectivity index (χ0) is 16.1. The van der Waals surface area contributed by atoms with Gasteiger partial charge in [-0.15, -0.1) is 0 Å². The van der Waals surface area contributed by atoms with Crippen LogP contribution in [-0.4, -0.2) is 23.4 Å². The quantitative estimate of drug-likeness (QED) is 0.881. The minimum Gasteiger partial charge on any atom is -0.468 e. The first kappa shape index (κ1) is 15.7. The Morgan fingerprint density at radius 1 is 1.22 bits per heavy atom. The van der Waals surface area contributed by atoms with Gasteiger partial charge in [-0.3, -0.25) is 9.69 Å². The van der Waals surface area contributed by atoms with Gasteiger partial charge in [-0.1, -0.05) is 25.0 Å². The molecule has 1 aromatic heterocycles. The largest absolute Gasteiger partial charge is 0.468 e. The molecule has 4 nitrogen and oxygen atoms in total. The number of hydrogen-bond acceptors (Lipinski definition) is 3. The van der Waals surface area contributed by atoms with Crippen LogP contribution in [0, 0.1) is 5.82 Å². The van der Waals surface area contributed by atoms with E-state index in [1.807, 2.05) is 12.1 Å². The van der Waals surface area contributed by atoms with Crippen LogP contribution in [-0.2, 0) is 11.3 Å². The number of para-hydroxylation sites is 1. The summed E-state index contributed by atoms with van der Waals surface area (Å²) in [7, 11) is 0. The number of carbonyl (C=O) groups is 1. The van der Waals surface area contributed by atoms with Gasteiger partial charge in [0.15, 0.2) is 0 Å². The Hall–Kier alpha value is -2.14. The molecule has 1 saturated carbocycles. The van der Waals surface area contributed by atoms with Crippen molar-refractivity contribution in [3.8, 4) is 0 Å². The lowest BCUT2D eigenvalue weighted by atomic mass is 10.2. The number of hydrogen-bond donors (Lipinski definition) is 1. The van der Waals surface area contributed by atoms with E-state index >= 15 is 0 Å². The summed E-state index contributed by atoms with van der Waals surface area (Å²) in [5, 5.41) is 2.66. The van der Waals surface area contributed by atoms with Crippen LogP contribution in [0.25, 0.3) is 0 Å². The lowest BCUT2D eigenvalue weighted by Gasteiger charge is -2.27. The fourth-order valence-electron chi connectivity index (χ4n) is 3.12. The maximum absolute atomic E-state index is 13.7. The summed E-state index contributed by atoms with van der Waals surface area (Å²) in [4.78, 5) is 14.4. The molecule has 0 bridgehead atoms. The fraction of sp³-hybridized carbons (Fsp3) is 0.389. The second-order valence-corrected chi connectivity index (χ2v) is 5.95. The molecule has 122 valence electrons. The van der Waals surface area contributed by atoms with Crippen molar-refractivity contribution >= 4 is 11.6 Å². The predicted molar refractivity (Wildman–Crippen MR) is 86.4 cm³/mol. The van der Waals surface area contributed by atoms with Crippen molar-refractivity contribution in [2.75, 3.05) is 11.9 Å². The summed E-state index contributed by atoms with van der Waals surface area (Å²) in [5.41, 5.74) is 0.224. The third kappa shape index (κ3) is 4.20. The van der Waals surface area contributed by atoms with Crippen LogP contribution in [0.2, 0.25) is 0 Å². The molecule has 5 heteroatoms. The Labute approximate surface area is 135 Å². The highest BCUT2D eigenvalue weighted by atomic mass is 19.1. The molecule has 0 spiro atoms. The zero-order valence-corrected chi connectivity index (χ0v) is 13.0. The van der Waals surface area contributed by atoms with Crippen molar-refractivity contribution < 1.29 is 13.6 Å². The first-order valence-electron chi connectivity index (χ1n) is 8.03. The normalized spacial score (nSPS) is 15.2. The number of nitrogens with one attached hydrogen (secondary N) is 1. The van der Waals surface area contributed by atoms with Crippen molar-refractivity contribution in [2.45, 2.75) is 38.3 Å². The highest BCUT2D eigenvalue weighted by Crippen LogP contribution is 2.25. The van der Waals surface area contributed by atoms with Crippen molar-refractivity contribution in [1.82, 2.24) is 4.90 Å². The summed E-state index contributed by atoms with van der Waals surface area (Å²) >= 11 is 0. The van der Waals surface area contributed by atoms with E-state index in [4.69, 9.17) is 4.42 Å². The first-order chi connectivity index (χ1) is 11.2. The molecule has 23 heavy (non-hydrogen) atoms. The summed E-state index contributed by atoms with van der Waals surface area (Å²) < 4.78 is 19.1. The van der Waals surface area contributed by atoms with Gasteiger partial charge < -0.3 is 9.73 Å². The minimum absolute atomic E-state index is 0.200. The number of amides is 1. The number of rotatable bonds is 6. The van der Waals surface area contributed by atoms with Gasteiger partial charge in [0.05, 0.1) is 25.0 Å². The van der Waals surface area contributed by atoms with Gasteiger partial charge in [0.2, 0.25) is 5.91 Å². The van der Waals surface area contributed by atoms with Crippen LogP contribution < -0.4 is 5.32 Å². The molecule has 1 aromatic carbocycles. The van der Waals surface area contributed by atoms with Crippen LogP contribution in [0.15, 0.2) is 47.1 Å². The van der Waals surface area contributed by atoms with Crippen LogP contribution >= 0.6 is 0 Å². The van der Waals surface area contributed by atoms with Crippen LogP contribution in [0.4, 0.5) is 10.1 Å². The van der Waals surface area contributed by atoms with Gasteiger partial charge in [0.1, 0.15) is 11.6 Å². The van der Waals surface area contributed by atoms with E-state index in [1.54, 1.807) is 24.5 Å². The molecule has 0 unspecified atom stereocenters. The van der Waals surface area contributed by atoms with Crippen molar-refractivity contribution in [2.24, 2.45) is 0 Å². The first-order valence-corrected chi connectivity index (χ1v) is 8.03. The van der Waals surface area contributed by atoms with Gasteiger partial charge in [0, 0.05) is 6.04 Å². The third-order valence-electron chi connectivity index (χ3n) is 4.27. The molecule has 0 radical (unpaired) electrons. The van der Waals surface area contributed by atoms with Crippen molar-refractivity contribution in [1.29, 1.82) is 0 Å². The van der Waals surface area contributed by atoms with E-state index in [0.717, 1.165) is 18.6 Å². The number of furan rings is 1. The van der Waals surface area contributed by atoms with E-state index < -0.39 is 5.82 Å². The van der Waals surface area contributed by atoms with Gasteiger partial charge in [-0.25, -0.2) is 4.39 Å².